The highest BCUT2D eigenvalue weighted by Crippen LogP contribution is 2.15. The first-order chi connectivity index (χ1) is 12.3. The van der Waals surface area contributed by atoms with E-state index in [1.165, 1.54) is 18.2 Å². The molecule has 0 aliphatic carbocycles. The second kappa shape index (κ2) is 9.02. The zero-order valence-electron chi connectivity index (χ0n) is 14.5. The molecule has 0 spiro atoms. The van der Waals surface area contributed by atoms with Crippen LogP contribution in [-0.4, -0.2) is 20.9 Å². The third kappa shape index (κ3) is 6.01. The fraction of sp³-hybridized carbons (Fsp3) is 0.278. The lowest BCUT2D eigenvalue weighted by atomic mass is 10.1. The molecule has 0 aliphatic heterocycles. The van der Waals surface area contributed by atoms with Gasteiger partial charge in [-0.05, 0) is 54.8 Å². The number of halogens is 1. The van der Waals surface area contributed by atoms with Crippen molar-refractivity contribution in [1.29, 1.82) is 0 Å². The van der Waals surface area contributed by atoms with Gasteiger partial charge in [-0.3, -0.25) is 10.2 Å². The minimum Gasteiger partial charge on any atom is -0.494 e. The average molecular weight is 397 g/mol. The Labute approximate surface area is 158 Å². The van der Waals surface area contributed by atoms with E-state index in [0.29, 0.717) is 23.8 Å². The number of ether oxygens (including phenoxy) is 1. The molecule has 2 aromatic carbocycles. The monoisotopic (exact) mass is 396 g/mol. The predicted molar refractivity (Wildman–Crippen MR) is 101 cm³/mol. The van der Waals surface area contributed by atoms with Gasteiger partial charge in [-0.1, -0.05) is 31.5 Å². The van der Waals surface area contributed by atoms with E-state index in [9.17, 15) is 13.2 Å². The molecule has 0 bridgehead atoms. The van der Waals surface area contributed by atoms with Crippen molar-refractivity contribution in [2.45, 2.75) is 25.2 Å². The fourth-order valence-electron chi connectivity index (χ4n) is 1.99. The number of benzene rings is 2. The molecule has 26 heavy (non-hydrogen) atoms. The quantitative estimate of drug-likeness (QED) is 0.670. The average Bonchev–Trinajstić information content (AvgIpc) is 2.60. The van der Waals surface area contributed by atoms with E-state index >= 15 is 0 Å². The zero-order chi connectivity index (χ0) is 19.2. The molecule has 0 atom stereocenters. The normalized spacial score (nSPS) is 11.4. The van der Waals surface area contributed by atoms with Crippen LogP contribution in [-0.2, 0) is 10.0 Å². The molecule has 0 unspecified atom stereocenters. The highest BCUT2D eigenvalue weighted by Gasteiger charge is 2.16. The van der Waals surface area contributed by atoms with E-state index in [-0.39, 0.29) is 9.92 Å². The second-order valence-electron chi connectivity index (χ2n) is 6.07. The van der Waals surface area contributed by atoms with E-state index in [1.807, 2.05) is 4.83 Å². The second-order valence-corrected chi connectivity index (χ2v) is 8.19. The van der Waals surface area contributed by atoms with Crippen LogP contribution in [0.1, 0.15) is 30.6 Å². The number of carbonyl (C=O) groups is 1. The number of hydrogen-bond donors (Lipinski definition) is 2. The first kappa shape index (κ1) is 20.2. The van der Waals surface area contributed by atoms with Gasteiger partial charge in [0.15, 0.2) is 0 Å². The molecule has 0 heterocycles. The van der Waals surface area contributed by atoms with Crippen LogP contribution in [0.4, 0.5) is 0 Å². The Kier molecular flexibility index (Phi) is 7.02. The van der Waals surface area contributed by atoms with Crippen LogP contribution in [0.2, 0.25) is 5.02 Å². The third-order valence-corrected chi connectivity index (χ3v) is 4.97. The Morgan fingerprint density at radius 2 is 1.85 bits per heavy atom. The molecule has 0 aromatic heterocycles. The van der Waals surface area contributed by atoms with Crippen LogP contribution >= 0.6 is 11.6 Å². The van der Waals surface area contributed by atoms with Crippen molar-refractivity contribution in [2.75, 3.05) is 6.61 Å². The van der Waals surface area contributed by atoms with Crippen molar-refractivity contribution in [2.24, 2.45) is 5.92 Å². The molecule has 2 aromatic rings. The Bertz CT molecular complexity index is 852. The number of sulfonamides is 1. The van der Waals surface area contributed by atoms with Gasteiger partial charge in [-0.25, -0.2) is 8.42 Å². The maximum atomic E-state index is 12.1. The summed E-state index contributed by atoms with van der Waals surface area (Å²) in [6, 6.07) is 12.2. The van der Waals surface area contributed by atoms with Crippen LogP contribution < -0.4 is 15.0 Å². The van der Waals surface area contributed by atoms with Crippen molar-refractivity contribution < 1.29 is 17.9 Å². The lowest BCUT2D eigenvalue weighted by Crippen LogP contribution is -2.41. The third-order valence-electron chi connectivity index (χ3n) is 3.49. The highest BCUT2D eigenvalue weighted by atomic mass is 35.5. The van der Waals surface area contributed by atoms with Gasteiger partial charge < -0.3 is 4.74 Å². The van der Waals surface area contributed by atoms with Crippen LogP contribution in [0.25, 0.3) is 0 Å². The lowest BCUT2D eigenvalue weighted by molar-refractivity contribution is 0.0945. The Balaban J connectivity index is 1.93. The summed E-state index contributed by atoms with van der Waals surface area (Å²) in [4.78, 5) is 14.1. The standard InChI is InChI=1S/C18H21ClN2O4S/c1-13(2)10-11-25-16-8-6-14(7-9-16)18(22)20-21-26(23,24)17-5-3-4-15(19)12-17/h3-9,12-13,21H,10-11H2,1-2H3,(H,20,22). The first-order valence-corrected chi connectivity index (χ1v) is 9.94. The van der Waals surface area contributed by atoms with Gasteiger partial charge in [0, 0.05) is 10.6 Å². The van der Waals surface area contributed by atoms with Gasteiger partial charge in [-0.2, -0.15) is 0 Å². The largest absolute Gasteiger partial charge is 0.494 e. The van der Waals surface area contributed by atoms with Gasteiger partial charge >= 0.3 is 0 Å². The molecule has 0 fully saturated rings. The lowest BCUT2D eigenvalue weighted by Gasteiger charge is -2.10. The Morgan fingerprint density at radius 1 is 1.15 bits per heavy atom. The van der Waals surface area contributed by atoms with Crippen molar-refractivity contribution in [1.82, 2.24) is 10.3 Å². The van der Waals surface area contributed by atoms with Crippen molar-refractivity contribution >= 4 is 27.5 Å². The van der Waals surface area contributed by atoms with Crippen LogP contribution in [0.3, 0.4) is 0 Å². The molecule has 0 aliphatic rings. The predicted octanol–water partition coefficient (Wildman–Crippen LogP) is 3.39. The number of nitrogens with one attached hydrogen (secondary N) is 2. The minimum absolute atomic E-state index is 0.0424. The molecule has 0 radical (unpaired) electrons. The van der Waals surface area contributed by atoms with Crippen molar-refractivity contribution in [3.05, 3.63) is 59.1 Å². The molecule has 140 valence electrons. The number of rotatable bonds is 8. The summed E-state index contributed by atoms with van der Waals surface area (Å²) in [5.41, 5.74) is 2.47. The van der Waals surface area contributed by atoms with Crippen molar-refractivity contribution in [3.8, 4) is 5.75 Å². The van der Waals surface area contributed by atoms with Crippen molar-refractivity contribution in [3.63, 3.8) is 0 Å². The highest BCUT2D eigenvalue weighted by molar-refractivity contribution is 7.89. The molecule has 1 amide bonds. The summed E-state index contributed by atoms with van der Waals surface area (Å²) < 4.78 is 29.9. The summed E-state index contributed by atoms with van der Waals surface area (Å²) in [6.45, 7) is 4.82. The minimum atomic E-state index is -3.91. The SMILES string of the molecule is CC(C)CCOc1ccc(C(=O)NNS(=O)(=O)c2cccc(Cl)c2)cc1. The molecular weight excluding hydrogens is 376 g/mol. The van der Waals surface area contributed by atoms with E-state index in [2.05, 4.69) is 19.3 Å². The van der Waals surface area contributed by atoms with Gasteiger partial charge in [0.1, 0.15) is 5.75 Å². The number of amides is 1. The van der Waals surface area contributed by atoms with E-state index < -0.39 is 15.9 Å². The zero-order valence-corrected chi connectivity index (χ0v) is 16.1. The Morgan fingerprint density at radius 3 is 2.46 bits per heavy atom. The molecule has 2 N–H and O–H groups in total. The summed E-state index contributed by atoms with van der Waals surface area (Å²) in [6.07, 6.45) is 0.938. The maximum absolute atomic E-state index is 12.1. The van der Waals surface area contributed by atoms with Crippen LogP contribution in [0, 0.1) is 5.92 Å². The number of hydrazine groups is 1. The topological polar surface area (TPSA) is 84.5 Å². The first-order valence-electron chi connectivity index (χ1n) is 8.08. The smallest absolute Gasteiger partial charge is 0.266 e. The van der Waals surface area contributed by atoms with Crippen LogP contribution in [0.5, 0.6) is 5.75 Å². The number of hydrogen-bond acceptors (Lipinski definition) is 4. The van der Waals surface area contributed by atoms with Gasteiger partial charge in [0.05, 0.1) is 11.5 Å². The Hall–Kier alpha value is -2.09. The van der Waals surface area contributed by atoms with Gasteiger partial charge in [0.2, 0.25) is 0 Å². The van der Waals surface area contributed by atoms with Gasteiger partial charge in [0.25, 0.3) is 15.9 Å². The van der Waals surface area contributed by atoms with Gasteiger partial charge in [-0.15, -0.1) is 4.83 Å². The van der Waals surface area contributed by atoms with E-state index in [4.69, 9.17) is 16.3 Å². The molecule has 0 saturated carbocycles. The van der Waals surface area contributed by atoms with E-state index in [1.54, 1.807) is 30.3 Å². The molecule has 8 heteroatoms. The molecule has 6 nitrogen and oxygen atoms in total. The molecular formula is C18H21ClN2O4S. The fourth-order valence-corrected chi connectivity index (χ4v) is 3.13. The molecule has 2 rings (SSSR count). The van der Waals surface area contributed by atoms with E-state index in [0.717, 1.165) is 6.42 Å². The summed E-state index contributed by atoms with van der Waals surface area (Å²) in [5.74, 6) is 0.624. The maximum Gasteiger partial charge on any atom is 0.266 e. The summed E-state index contributed by atoms with van der Waals surface area (Å²) in [5, 5.41) is 0.284. The van der Waals surface area contributed by atoms with Crippen LogP contribution in [0.15, 0.2) is 53.4 Å². The summed E-state index contributed by atoms with van der Waals surface area (Å²) >= 11 is 5.79. The molecule has 0 saturated heterocycles. The summed E-state index contributed by atoms with van der Waals surface area (Å²) in [7, 11) is -3.91. The number of carbonyl (C=O) groups excluding carboxylic acids is 1.